The second-order valence-corrected chi connectivity index (χ2v) is 9.42. The molecule has 6 nitrogen and oxygen atoms in total. The molecule has 2 aromatic rings. The van der Waals surface area contributed by atoms with Crippen LogP contribution in [0.3, 0.4) is 0 Å². The van der Waals surface area contributed by atoms with E-state index in [2.05, 4.69) is 37.3 Å². The first kappa shape index (κ1) is 20.4. The van der Waals surface area contributed by atoms with E-state index in [9.17, 15) is 10.1 Å². The highest BCUT2D eigenvalue weighted by molar-refractivity contribution is 7.99. The molecule has 2 heterocycles. The van der Waals surface area contributed by atoms with Crippen LogP contribution in [-0.2, 0) is 17.6 Å². The van der Waals surface area contributed by atoms with E-state index in [4.69, 9.17) is 9.51 Å². The Morgan fingerprint density at radius 3 is 2.86 bits per heavy atom. The molecule has 1 N–H and O–H groups in total. The van der Waals surface area contributed by atoms with Crippen LogP contribution in [0, 0.1) is 29.6 Å². The number of pyridine rings is 1. The van der Waals surface area contributed by atoms with Gasteiger partial charge in [-0.2, -0.15) is 5.26 Å². The number of fused-ring (bicyclic) bond motifs is 1. The second kappa shape index (κ2) is 8.36. The van der Waals surface area contributed by atoms with Gasteiger partial charge in [-0.25, -0.2) is 4.98 Å². The summed E-state index contributed by atoms with van der Waals surface area (Å²) in [7, 11) is 0. The van der Waals surface area contributed by atoms with Crippen LogP contribution < -0.4 is 5.32 Å². The van der Waals surface area contributed by atoms with Crippen molar-refractivity contribution < 1.29 is 9.32 Å². The van der Waals surface area contributed by atoms with Gasteiger partial charge in [0.1, 0.15) is 16.9 Å². The lowest BCUT2D eigenvalue weighted by atomic mass is 9.71. The molecular formula is C21H26N4O2S. The Labute approximate surface area is 170 Å². The van der Waals surface area contributed by atoms with E-state index in [0.29, 0.717) is 35.2 Å². The molecule has 0 saturated heterocycles. The highest BCUT2D eigenvalue weighted by Crippen LogP contribution is 2.38. The molecule has 1 amide bonds. The topological polar surface area (TPSA) is 91.8 Å². The van der Waals surface area contributed by atoms with Gasteiger partial charge in [0.05, 0.1) is 5.56 Å². The van der Waals surface area contributed by atoms with Gasteiger partial charge in [0.25, 0.3) is 0 Å². The SMILES string of the molecule is Cc1cc(NC(=O)CCSc2nc3c(cc2C#N)CC(C(C)(C)C)CC3)no1. The van der Waals surface area contributed by atoms with Gasteiger partial charge in [-0.05, 0) is 49.1 Å². The Kier molecular flexibility index (Phi) is 6.09. The number of amides is 1. The first-order chi connectivity index (χ1) is 13.3. The number of nitrogens with zero attached hydrogens (tertiary/aromatic N) is 3. The number of anilines is 1. The highest BCUT2D eigenvalue weighted by atomic mass is 32.2. The summed E-state index contributed by atoms with van der Waals surface area (Å²) in [4.78, 5) is 16.8. The highest BCUT2D eigenvalue weighted by Gasteiger charge is 2.30. The van der Waals surface area contributed by atoms with E-state index in [1.54, 1.807) is 13.0 Å². The minimum absolute atomic E-state index is 0.134. The third-order valence-corrected chi connectivity index (χ3v) is 6.15. The number of hydrogen-bond donors (Lipinski definition) is 1. The maximum Gasteiger partial charge on any atom is 0.226 e. The van der Waals surface area contributed by atoms with E-state index in [1.165, 1.54) is 17.3 Å². The number of aryl methyl sites for hydroxylation is 2. The zero-order chi connectivity index (χ0) is 20.3. The van der Waals surface area contributed by atoms with E-state index < -0.39 is 0 Å². The van der Waals surface area contributed by atoms with Crippen molar-refractivity contribution in [3.63, 3.8) is 0 Å². The van der Waals surface area contributed by atoms with Gasteiger partial charge in [-0.1, -0.05) is 25.9 Å². The Hall–Kier alpha value is -2.33. The number of nitrogens with one attached hydrogen (secondary N) is 1. The maximum atomic E-state index is 12.0. The van der Waals surface area contributed by atoms with Gasteiger partial charge < -0.3 is 9.84 Å². The fourth-order valence-corrected chi connectivity index (χ4v) is 4.36. The molecule has 0 spiro atoms. The average Bonchev–Trinajstić information content (AvgIpc) is 3.04. The van der Waals surface area contributed by atoms with E-state index in [-0.39, 0.29) is 11.3 Å². The molecule has 1 aliphatic rings. The Morgan fingerprint density at radius 2 is 2.21 bits per heavy atom. The van der Waals surface area contributed by atoms with Gasteiger partial charge in [0.15, 0.2) is 5.82 Å². The molecule has 0 saturated carbocycles. The second-order valence-electron chi connectivity index (χ2n) is 8.33. The molecule has 7 heteroatoms. The molecule has 28 heavy (non-hydrogen) atoms. The summed E-state index contributed by atoms with van der Waals surface area (Å²) in [5, 5.41) is 16.7. The van der Waals surface area contributed by atoms with Crippen LogP contribution in [0.1, 0.15) is 56.2 Å². The number of rotatable bonds is 5. The minimum atomic E-state index is -0.134. The van der Waals surface area contributed by atoms with Gasteiger partial charge in [-0.3, -0.25) is 4.79 Å². The third-order valence-electron chi connectivity index (χ3n) is 5.16. The number of aromatic nitrogens is 2. The summed E-state index contributed by atoms with van der Waals surface area (Å²) < 4.78 is 4.93. The predicted molar refractivity (Wildman–Crippen MR) is 109 cm³/mol. The monoisotopic (exact) mass is 398 g/mol. The Balaban J connectivity index is 1.62. The summed E-state index contributed by atoms with van der Waals surface area (Å²) in [6, 6.07) is 5.95. The number of thioether (sulfide) groups is 1. The zero-order valence-corrected chi connectivity index (χ0v) is 17.7. The molecule has 1 unspecified atom stereocenters. The van der Waals surface area contributed by atoms with Crippen molar-refractivity contribution in [1.29, 1.82) is 5.26 Å². The van der Waals surface area contributed by atoms with Gasteiger partial charge >= 0.3 is 0 Å². The van der Waals surface area contributed by atoms with Crippen molar-refractivity contribution in [1.82, 2.24) is 10.1 Å². The molecule has 3 rings (SSSR count). The molecule has 0 fully saturated rings. The van der Waals surface area contributed by atoms with Crippen molar-refractivity contribution in [2.24, 2.45) is 11.3 Å². The first-order valence-electron chi connectivity index (χ1n) is 9.55. The van der Waals surface area contributed by atoms with Crippen molar-refractivity contribution in [3.8, 4) is 6.07 Å². The largest absolute Gasteiger partial charge is 0.360 e. The number of hydrogen-bond acceptors (Lipinski definition) is 6. The molecule has 0 aliphatic heterocycles. The number of nitriles is 1. The summed E-state index contributed by atoms with van der Waals surface area (Å²) in [6.07, 6.45) is 3.36. The van der Waals surface area contributed by atoms with Crippen LogP contribution in [0.15, 0.2) is 21.7 Å². The van der Waals surface area contributed by atoms with Gasteiger partial charge in [-0.15, -0.1) is 11.8 Å². The molecule has 0 aromatic carbocycles. The Bertz CT molecular complexity index is 908. The van der Waals surface area contributed by atoms with Crippen molar-refractivity contribution >= 4 is 23.5 Å². The smallest absolute Gasteiger partial charge is 0.226 e. The first-order valence-corrected chi connectivity index (χ1v) is 10.5. The van der Waals surface area contributed by atoms with Crippen LogP contribution >= 0.6 is 11.8 Å². The van der Waals surface area contributed by atoms with E-state index in [1.807, 2.05) is 6.07 Å². The molecule has 148 valence electrons. The van der Waals surface area contributed by atoms with Gasteiger partial charge in [0.2, 0.25) is 5.91 Å². The average molecular weight is 399 g/mol. The van der Waals surface area contributed by atoms with Crippen LogP contribution in [0.2, 0.25) is 0 Å². The van der Waals surface area contributed by atoms with Crippen LogP contribution in [0.25, 0.3) is 0 Å². The predicted octanol–water partition coefficient (Wildman–Crippen LogP) is 4.52. The fraction of sp³-hybridized carbons (Fsp3) is 0.524. The molecule has 1 atom stereocenters. The summed E-state index contributed by atoms with van der Waals surface area (Å²) in [5.74, 6) is 2.09. The molecule has 1 aliphatic carbocycles. The van der Waals surface area contributed by atoms with Crippen molar-refractivity contribution in [2.45, 2.75) is 58.4 Å². The lowest BCUT2D eigenvalue weighted by Crippen LogP contribution is -2.27. The maximum absolute atomic E-state index is 12.0. The lowest BCUT2D eigenvalue weighted by Gasteiger charge is -2.34. The van der Waals surface area contributed by atoms with Crippen molar-refractivity contribution in [3.05, 3.63) is 34.7 Å². The Morgan fingerprint density at radius 1 is 1.43 bits per heavy atom. The van der Waals surface area contributed by atoms with Crippen molar-refractivity contribution in [2.75, 3.05) is 11.1 Å². The summed E-state index contributed by atoms with van der Waals surface area (Å²) >= 11 is 1.46. The van der Waals surface area contributed by atoms with E-state index >= 15 is 0 Å². The van der Waals surface area contributed by atoms with Crippen LogP contribution in [0.5, 0.6) is 0 Å². The molecule has 0 bridgehead atoms. The minimum Gasteiger partial charge on any atom is -0.360 e. The van der Waals surface area contributed by atoms with Crippen LogP contribution in [0.4, 0.5) is 5.82 Å². The fourth-order valence-electron chi connectivity index (χ4n) is 3.45. The number of carbonyl (C=O) groups is 1. The molecular weight excluding hydrogens is 372 g/mol. The standard InChI is InChI=1S/C21H26N4O2S/c1-13-9-18(25-27-13)24-19(26)7-8-28-20-15(12-22)10-14-11-16(21(2,3)4)5-6-17(14)23-20/h9-10,16H,5-8,11H2,1-4H3,(H,24,25,26). The normalized spacial score (nSPS) is 16.3. The zero-order valence-electron chi connectivity index (χ0n) is 16.8. The van der Waals surface area contributed by atoms with Crippen LogP contribution in [-0.4, -0.2) is 21.8 Å². The number of carbonyl (C=O) groups excluding carboxylic acids is 1. The molecule has 2 aromatic heterocycles. The third kappa shape index (κ3) is 4.93. The quantitative estimate of drug-likeness (QED) is 0.745. The van der Waals surface area contributed by atoms with E-state index in [0.717, 1.165) is 30.0 Å². The van der Waals surface area contributed by atoms with Gasteiger partial charge in [0, 0.05) is 23.9 Å². The molecule has 0 radical (unpaired) electrons. The lowest BCUT2D eigenvalue weighted by molar-refractivity contribution is -0.115. The summed E-state index contributed by atoms with van der Waals surface area (Å²) in [5.41, 5.74) is 3.16. The summed E-state index contributed by atoms with van der Waals surface area (Å²) in [6.45, 7) is 8.60.